The van der Waals surface area contributed by atoms with Gasteiger partial charge in [-0.3, -0.25) is 4.79 Å². The van der Waals surface area contributed by atoms with Crippen molar-refractivity contribution in [1.82, 2.24) is 9.62 Å². The summed E-state index contributed by atoms with van der Waals surface area (Å²) in [6.45, 7) is 4.64. The summed E-state index contributed by atoms with van der Waals surface area (Å²) in [4.78, 5) is 14.9. The van der Waals surface area contributed by atoms with Gasteiger partial charge in [-0.2, -0.15) is 0 Å². The molecule has 1 N–H and O–H groups in total. The topological polar surface area (TPSA) is 94.2 Å². The molecule has 2 aliphatic heterocycles. The quantitative estimate of drug-likeness (QED) is 0.651. The normalized spacial score (nSPS) is 17.8. The molecule has 2 aromatic carbocycles. The monoisotopic (exact) mass is 460 g/mol. The van der Waals surface area contributed by atoms with Gasteiger partial charge in [-0.05, 0) is 55.7 Å². The van der Waals surface area contributed by atoms with Crippen LogP contribution in [0.4, 0.5) is 0 Å². The molecule has 9 heteroatoms. The van der Waals surface area contributed by atoms with Crippen LogP contribution in [0.5, 0.6) is 11.5 Å². The molecule has 2 heterocycles. The number of sulfonamides is 1. The van der Waals surface area contributed by atoms with E-state index in [1.54, 1.807) is 17.0 Å². The predicted octanol–water partition coefficient (Wildman–Crippen LogP) is 2.58. The van der Waals surface area contributed by atoms with Crippen molar-refractivity contribution in [3.8, 4) is 11.5 Å². The van der Waals surface area contributed by atoms with E-state index in [0.29, 0.717) is 50.0 Å². The molecular weight excluding hydrogens is 432 g/mol. The molecule has 0 radical (unpaired) electrons. The van der Waals surface area contributed by atoms with E-state index >= 15 is 0 Å². The SMILES string of the molecule is CCN(Cc1ccc2c(c1)OCCO2)C(=O)c1cccc(S(=O)(=O)NCC2CCCO2)c1. The van der Waals surface area contributed by atoms with Crippen molar-refractivity contribution in [3.63, 3.8) is 0 Å². The highest BCUT2D eigenvalue weighted by Crippen LogP contribution is 2.31. The number of fused-ring (bicyclic) bond motifs is 1. The zero-order chi connectivity index (χ0) is 22.6. The van der Waals surface area contributed by atoms with E-state index in [-0.39, 0.29) is 23.5 Å². The maximum absolute atomic E-state index is 13.1. The lowest BCUT2D eigenvalue weighted by Crippen LogP contribution is -2.32. The maximum Gasteiger partial charge on any atom is 0.254 e. The van der Waals surface area contributed by atoms with Crippen LogP contribution in [0, 0.1) is 0 Å². The van der Waals surface area contributed by atoms with Crippen molar-refractivity contribution in [3.05, 3.63) is 53.6 Å². The van der Waals surface area contributed by atoms with Crippen LogP contribution in [0.3, 0.4) is 0 Å². The van der Waals surface area contributed by atoms with Gasteiger partial charge in [0.15, 0.2) is 11.5 Å². The van der Waals surface area contributed by atoms with Crippen molar-refractivity contribution >= 4 is 15.9 Å². The van der Waals surface area contributed by atoms with Crippen LogP contribution < -0.4 is 14.2 Å². The van der Waals surface area contributed by atoms with Gasteiger partial charge in [-0.25, -0.2) is 13.1 Å². The second-order valence-corrected chi connectivity index (χ2v) is 9.58. The number of amides is 1. The second kappa shape index (κ2) is 9.89. The molecule has 1 amide bonds. The van der Waals surface area contributed by atoms with Gasteiger partial charge in [0.2, 0.25) is 10.0 Å². The largest absolute Gasteiger partial charge is 0.486 e. The summed E-state index contributed by atoms with van der Waals surface area (Å²) in [5, 5.41) is 0. The third-order valence-electron chi connectivity index (χ3n) is 5.57. The molecule has 0 aliphatic carbocycles. The van der Waals surface area contributed by atoms with Crippen molar-refractivity contribution in [2.45, 2.75) is 37.3 Å². The van der Waals surface area contributed by atoms with Crippen molar-refractivity contribution in [1.29, 1.82) is 0 Å². The first-order valence-electron chi connectivity index (χ1n) is 10.9. The fourth-order valence-corrected chi connectivity index (χ4v) is 4.92. The highest BCUT2D eigenvalue weighted by Gasteiger charge is 2.22. The van der Waals surface area contributed by atoms with Crippen LogP contribution in [0.1, 0.15) is 35.7 Å². The van der Waals surface area contributed by atoms with Crippen LogP contribution >= 0.6 is 0 Å². The number of hydrogen-bond donors (Lipinski definition) is 1. The number of rotatable bonds is 8. The van der Waals surface area contributed by atoms with E-state index in [2.05, 4.69) is 4.72 Å². The molecule has 32 heavy (non-hydrogen) atoms. The Morgan fingerprint density at radius 1 is 1.09 bits per heavy atom. The second-order valence-electron chi connectivity index (χ2n) is 7.81. The molecule has 0 bridgehead atoms. The minimum atomic E-state index is -3.74. The molecule has 4 rings (SSSR count). The Balaban J connectivity index is 1.46. The summed E-state index contributed by atoms with van der Waals surface area (Å²) in [5.41, 5.74) is 1.23. The Morgan fingerprint density at radius 3 is 2.66 bits per heavy atom. The summed E-state index contributed by atoms with van der Waals surface area (Å²) in [6.07, 6.45) is 1.68. The van der Waals surface area contributed by atoms with Crippen molar-refractivity contribution in [2.24, 2.45) is 0 Å². The number of carbonyl (C=O) groups excluding carboxylic acids is 1. The average Bonchev–Trinajstić information content (AvgIpc) is 3.35. The Morgan fingerprint density at radius 2 is 1.91 bits per heavy atom. The molecule has 0 saturated carbocycles. The van der Waals surface area contributed by atoms with E-state index in [9.17, 15) is 13.2 Å². The van der Waals surface area contributed by atoms with Gasteiger partial charge in [0.05, 0.1) is 11.0 Å². The lowest BCUT2D eigenvalue weighted by atomic mass is 10.1. The Kier molecular flexibility index (Phi) is 6.98. The Bertz CT molecular complexity index is 1070. The minimum absolute atomic E-state index is 0.0664. The van der Waals surface area contributed by atoms with Crippen LogP contribution in [0.25, 0.3) is 0 Å². The molecule has 0 aromatic heterocycles. The molecule has 8 nitrogen and oxygen atoms in total. The van der Waals surface area contributed by atoms with E-state index < -0.39 is 10.0 Å². The number of ether oxygens (including phenoxy) is 3. The first-order chi connectivity index (χ1) is 15.5. The van der Waals surface area contributed by atoms with E-state index in [0.717, 1.165) is 18.4 Å². The molecule has 0 spiro atoms. The summed E-state index contributed by atoms with van der Waals surface area (Å²) >= 11 is 0. The van der Waals surface area contributed by atoms with Crippen LogP contribution in [-0.4, -0.2) is 58.2 Å². The highest BCUT2D eigenvalue weighted by molar-refractivity contribution is 7.89. The zero-order valence-electron chi connectivity index (χ0n) is 18.1. The minimum Gasteiger partial charge on any atom is -0.486 e. The summed E-state index contributed by atoms with van der Waals surface area (Å²) < 4.78 is 44.7. The predicted molar refractivity (Wildman–Crippen MR) is 118 cm³/mol. The van der Waals surface area contributed by atoms with E-state index in [1.165, 1.54) is 12.1 Å². The third-order valence-corrected chi connectivity index (χ3v) is 6.99. The number of nitrogens with one attached hydrogen (secondary N) is 1. The van der Waals surface area contributed by atoms with Gasteiger partial charge >= 0.3 is 0 Å². The molecule has 2 aliphatic rings. The average molecular weight is 461 g/mol. The number of nitrogens with zero attached hydrogens (tertiary/aromatic N) is 1. The van der Waals surface area contributed by atoms with Crippen LogP contribution in [-0.2, 0) is 21.3 Å². The lowest BCUT2D eigenvalue weighted by Gasteiger charge is -2.23. The van der Waals surface area contributed by atoms with Gasteiger partial charge < -0.3 is 19.1 Å². The lowest BCUT2D eigenvalue weighted by molar-refractivity contribution is 0.0752. The van der Waals surface area contributed by atoms with E-state index in [1.807, 2.05) is 25.1 Å². The van der Waals surface area contributed by atoms with Gasteiger partial charge in [0.25, 0.3) is 5.91 Å². The standard InChI is InChI=1S/C23H28N2O6S/c1-2-25(16-17-8-9-21-22(13-17)31-12-11-30-21)23(26)18-5-3-7-20(14-18)32(27,28)24-15-19-6-4-10-29-19/h3,5,7-9,13-14,19,24H,2,4,6,10-12,15-16H2,1H3. The highest BCUT2D eigenvalue weighted by atomic mass is 32.2. The molecular formula is C23H28N2O6S. The summed E-state index contributed by atoms with van der Waals surface area (Å²) in [6, 6.07) is 11.8. The molecule has 1 atom stereocenters. The van der Waals surface area contributed by atoms with Gasteiger partial charge in [-0.1, -0.05) is 12.1 Å². The molecule has 1 saturated heterocycles. The summed E-state index contributed by atoms with van der Waals surface area (Å²) in [7, 11) is -3.74. The first kappa shape index (κ1) is 22.6. The van der Waals surface area contributed by atoms with Crippen LogP contribution in [0.15, 0.2) is 47.4 Å². The van der Waals surface area contributed by atoms with E-state index in [4.69, 9.17) is 14.2 Å². The third kappa shape index (κ3) is 5.23. The zero-order valence-corrected chi connectivity index (χ0v) is 18.9. The van der Waals surface area contributed by atoms with Crippen molar-refractivity contribution < 1.29 is 27.4 Å². The number of carbonyl (C=O) groups is 1. The van der Waals surface area contributed by atoms with Crippen molar-refractivity contribution in [2.75, 3.05) is 32.9 Å². The Labute approximate surface area is 188 Å². The fraction of sp³-hybridized carbons (Fsp3) is 0.435. The van der Waals surface area contributed by atoms with Gasteiger partial charge in [0, 0.05) is 31.8 Å². The summed E-state index contributed by atoms with van der Waals surface area (Å²) in [5.74, 6) is 1.13. The molecule has 1 fully saturated rings. The Hall–Kier alpha value is -2.62. The molecule has 2 aromatic rings. The molecule has 1 unspecified atom stereocenters. The van der Waals surface area contributed by atoms with Crippen LogP contribution in [0.2, 0.25) is 0 Å². The maximum atomic E-state index is 13.1. The molecule has 172 valence electrons. The number of benzene rings is 2. The van der Waals surface area contributed by atoms with Gasteiger partial charge in [0.1, 0.15) is 13.2 Å². The van der Waals surface area contributed by atoms with Gasteiger partial charge in [-0.15, -0.1) is 0 Å². The first-order valence-corrected chi connectivity index (χ1v) is 12.3. The fourth-order valence-electron chi connectivity index (χ4n) is 3.80. The smallest absolute Gasteiger partial charge is 0.254 e. The number of hydrogen-bond acceptors (Lipinski definition) is 6.